The number of hydrogen-bond donors (Lipinski definition) is 1. The van der Waals surface area contributed by atoms with Crippen molar-refractivity contribution in [2.45, 2.75) is 7.43 Å². The van der Waals surface area contributed by atoms with Gasteiger partial charge in [0.05, 0.1) is 6.26 Å². The van der Waals surface area contributed by atoms with Gasteiger partial charge in [0.1, 0.15) is 6.26 Å². The van der Waals surface area contributed by atoms with Crippen molar-refractivity contribution in [3.8, 4) is 5.75 Å². The molecule has 1 rings (SSSR count). The van der Waals surface area contributed by atoms with Crippen LogP contribution in [0.15, 0.2) is 23.0 Å². The van der Waals surface area contributed by atoms with Gasteiger partial charge in [0.25, 0.3) is 0 Å². The topological polar surface area (TPSA) is 33.4 Å². The van der Waals surface area contributed by atoms with Crippen molar-refractivity contribution in [2.24, 2.45) is 0 Å². The smallest absolute Gasteiger partial charge is 0.153 e. The van der Waals surface area contributed by atoms with E-state index in [0.29, 0.717) is 0 Å². The van der Waals surface area contributed by atoms with E-state index in [1.807, 2.05) is 0 Å². The molecule has 0 atom stereocenters. The predicted octanol–water partition coefficient (Wildman–Crippen LogP) is 1.62. The standard InChI is InChI=1S/C4H4O2.CH4/c5-4-1-2-6-3-4;/h1-3,5H;1H4. The fraction of sp³-hybridized carbons (Fsp3) is 0.200. The molecule has 2 nitrogen and oxygen atoms in total. The van der Waals surface area contributed by atoms with E-state index in [1.54, 1.807) is 0 Å². The maximum atomic E-state index is 8.38. The molecule has 2 heteroatoms. The zero-order chi connectivity index (χ0) is 4.41. The molecule has 40 valence electrons. The van der Waals surface area contributed by atoms with E-state index in [0.717, 1.165) is 0 Å². The molecule has 0 fully saturated rings. The van der Waals surface area contributed by atoms with Gasteiger partial charge in [0, 0.05) is 6.07 Å². The molecule has 1 N–H and O–H groups in total. The van der Waals surface area contributed by atoms with Crippen LogP contribution in [0.25, 0.3) is 0 Å². The molecule has 0 amide bonds. The first-order chi connectivity index (χ1) is 2.89. The lowest BCUT2D eigenvalue weighted by atomic mass is 10.6. The van der Waals surface area contributed by atoms with Crippen LogP contribution in [0.3, 0.4) is 0 Å². The molecule has 0 spiro atoms. The Morgan fingerprint density at radius 1 is 1.57 bits per heavy atom. The van der Waals surface area contributed by atoms with Gasteiger partial charge in [-0.15, -0.1) is 0 Å². The Morgan fingerprint density at radius 2 is 2.29 bits per heavy atom. The van der Waals surface area contributed by atoms with E-state index >= 15 is 0 Å². The Morgan fingerprint density at radius 3 is 2.43 bits per heavy atom. The van der Waals surface area contributed by atoms with Crippen molar-refractivity contribution < 1.29 is 9.52 Å². The summed E-state index contributed by atoms with van der Waals surface area (Å²) in [6, 6.07) is 1.47. The summed E-state index contributed by atoms with van der Waals surface area (Å²) in [5.41, 5.74) is 0. The Labute approximate surface area is 42.4 Å². The Kier molecular flexibility index (Phi) is 1.99. The lowest BCUT2D eigenvalue weighted by Crippen LogP contribution is -1.40. The molecular weight excluding hydrogens is 92.1 g/mol. The summed E-state index contributed by atoms with van der Waals surface area (Å²) in [4.78, 5) is 0. The molecule has 1 aromatic heterocycles. The number of rotatable bonds is 0. The highest BCUT2D eigenvalue weighted by atomic mass is 16.3. The van der Waals surface area contributed by atoms with E-state index in [2.05, 4.69) is 4.42 Å². The van der Waals surface area contributed by atoms with Gasteiger partial charge in [0.2, 0.25) is 0 Å². The molecule has 1 heterocycles. The van der Waals surface area contributed by atoms with Gasteiger partial charge in [-0.2, -0.15) is 0 Å². The molecule has 1 aromatic rings. The first kappa shape index (κ1) is 6.08. The van der Waals surface area contributed by atoms with E-state index in [9.17, 15) is 0 Å². The van der Waals surface area contributed by atoms with E-state index in [4.69, 9.17) is 5.11 Å². The highest BCUT2D eigenvalue weighted by Gasteiger charge is 1.79. The van der Waals surface area contributed by atoms with Crippen LogP contribution in [0.1, 0.15) is 7.43 Å². The number of furan rings is 1. The van der Waals surface area contributed by atoms with Crippen LogP contribution in [-0.2, 0) is 0 Å². The predicted molar refractivity (Wildman–Crippen MR) is 27.1 cm³/mol. The van der Waals surface area contributed by atoms with Crippen molar-refractivity contribution >= 4 is 0 Å². The Hall–Kier alpha value is -0.920. The lowest BCUT2D eigenvalue weighted by Gasteiger charge is -1.66. The van der Waals surface area contributed by atoms with Crippen LogP contribution < -0.4 is 0 Å². The quantitative estimate of drug-likeness (QED) is 0.537. The zero-order valence-electron chi connectivity index (χ0n) is 3.09. The third kappa shape index (κ3) is 1.30. The minimum absolute atomic E-state index is 0. The van der Waals surface area contributed by atoms with Gasteiger partial charge >= 0.3 is 0 Å². The maximum absolute atomic E-state index is 8.38. The van der Waals surface area contributed by atoms with E-state index < -0.39 is 0 Å². The van der Waals surface area contributed by atoms with Gasteiger partial charge in [-0.3, -0.25) is 0 Å². The molecular formula is C5H8O2. The Bertz CT molecular complexity index is 110. The normalized spacial score (nSPS) is 7.43. The van der Waals surface area contributed by atoms with Crippen molar-refractivity contribution in [3.63, 3.8) is 0 Å². The molecule has 0 aliphatic carbocycles. The average molecular weight is 100 g/mol. The minimum Gasteiger partial charge on any atom is -0.505 e. The molecule has 0 aliphatic heterocycles. The van der Waals surface area contributed by atoms with Crippen LogP contribution in [-0.4, -0.2) is 5.11 Å². The van der Waals surface area contributed by atoms with Gasteiger partial charge in [0.15, 0.2) is 5.75 Å². The number of hydrogen-bond acceptors (Lipinski definition) is 2. The second-order valence-electron chi connectivity index (χ2n) is 0.982. The van der Waals surface area contributed by atoms with Crippen LogP contribution in [0.5, 0.6) is 5.75 Å². The van der Waals surface area contributed by atoms with Gasteiger partial charge in [-0.05, 0) is 0 Å². The summed E-state index contributed by atoms with van der Waals surface area (Å²) < 4.78 is 4.46. The summed E-state index contributed by atoms with van der Waals surface area (Å²) in [7, 11) is 0. The number of aromatic hydroxyl groups is 1. The highest BCUT2D eigenvalue weighted by molar-refractivity contribution is 5.09. The highest BCUT2D eigenvalue weighted by Crippen LogP contribution is 2.04. The van der Waals surface area contributed by atoms with Crippen molar-refractivity contribution in [1.29, 1.82) is 0 Å². The molecule has 0 unspecified atom stereocenters. The van der Waals surface area contributed by atoms with Gasteiger partial charge < -0.3 is 9.52 Å². The maximum Gasteiger partial charge on any atom is 0.153 e. The molecule has 0 radical (unpaired) electrons. The SMILES string of the molecule is C.Oc1ccoc1. The molecule has 0 bridgehead atoms. The van der Waals surface area contributed by atoms with Crippen LogP contribution in [0.4, 0.5) is 0 Å². The average Bonchev–Trinajstić information content (AvgIpc) is 1.86. The largest absolute Gasteiger partial charge is 0.505 e. The molecule has 0 aliphatic rings. The first-order valence-electron chi connectivity index (χ1n) is 1.61. The van der Waals surface area contributed by atoms with Crippen LogP contribution in [0.2, 0.25) is 0 Å². The first-order valence-corrected chi connectivity index (χ1v) is 1.61. The summed E-state index contributed by atoms with van der Waals surface area (Å²) in [5.74, 6) is 0.176. The summed E-state index contributed by atoms with van der Waals surface area (Å²) in [6.45, 7) is 0. The second kappa shape index (κ2) is 2.29. The van der Waals surface area contributed by atoms with Crippen LogP contribution >= 0.6 is 0 Å². The third-order valence-corrected chi connectivity index (χ3v) is 0.506. The van der Waals surface area contributed by atoms with E-state index in [-0.39, 0.29) is 13.2 Å². The van der Waals surface area contributed by atoms with Crippen molar-refractivity contribution in [3.05, 3.63) is 18.6 Å². The van der Waals surface area contributed by atoms with Crippen LogP contribution in [0, 0.1) is 0 Å². The monoisotopic (exact) mass is 100 g/mol. The molecule has 0 saturated carbocycles. The zero-order valence-corrected chi connectivity index (χ0v) is 3.09. The molecule has 7 heavy (non-hydrogen) atoms. The fourth-order valence-electron chi connectivity index (χ4n) is 0.257. The Balaban J connectivity index is 0.000000360. The second-order valence-corrected chi connectivity index (χ2v) is 0.982. The summed E-state index contributed by atoms with van der Waals surface area (Å²) in [5, 5.41) is 8.38. The molecule has 0 aromatic carbocycles. The van der Waals surface area contributed by atoms with Gasteiger partial charge in [-0.25, -0.2) is 0 Å². The minimum atomic E-state index is 0. The van der Waals surface area contributed by atoms with Crippen molar-refractivity contribution in [2.75, 3.05) is 0 Å². The van der Waals surface area contributed by atoms with E-state index in [1.165, 1.54) is 18.6 Å². The van der Waals surface area contributed by atoms with Crippen molar-refractivity contribution in [1.82, 2.24) is 0 Å². The summed E-state index contributed by atoms with van der Waals surface area (Å²) >= 11 is 0. The van der Waals surface area contributed by atoms with Gasteiger partial charge in [-0.1, -0.05) is 7.43 Å². The summed E-state index contributed by atoms with van der Waals surface area (Å²) in [6.07, 6.45) is 2.68. The lowest BCUT2D eigenvalue weighted by molar-refractivity contribution is 0.458. The molecule has 0 saturated heterocycles. The fourth-order valence-corrected chi connectivity index (χ4v) is 0.257. The third-order valence-electron chi connectivity index (χ3n) is 0.506.